The number of benzene rings is 3. The Labute approximate surface area is 457 Å². The number of fused-ring (bicyclic) bond motifs is 9. The number of nitrogen functional groups attached to an aromatic ring is 2. The molecule has 0 radical (unpaired) electrons. The van der Waals surface area contributed by atoms with Crippen molar-refractivity contribution in [2.24, 2.45) is 0 Å². The summed E-state index contributed by atoms with van der Waals surface area (Å²) < 4.78 is 9.63. The topological polar surface area (TPSA) is 302 Å². The molecule has 0 fully saturated rings. The summed E-state index contributed by atoms with van der Waals surface area (Å²) in [5.41, 5.74) is 21.5. The fourth-order valence-corrected chi connectivity index (χ4v) is 17.0. The first-order valence-electron chi connectivity index (χ1n) is 23.0. The highest BCUT2D eigenvalue weighted by atomic mass is 32.1. The van der Waals surface area contributed by atoms with E-state index in [-0.39, 0.29) is 77.9 Å². The van der Waals surface area contributed by atoms with Gasteiger partial charge in [-0.25, -0.2) is 0 Å². The largest absolute Gasteiger partial charge is 0.396 e. The van der Waals surface area contributed by atoms with Crippen LogP contribution in [-0.2, 0) is 10.8 Å². The van der Waals surface area contributed by atoms with Gasteiger partial charge < -0.3 is 11.5 Å². The molecule has 0 spiro atoms. The third-order valence-corrected chi connectivity index (χ3v) is 20.1. The number of nitriles is 8. The summed E-state index contributed by atoms with van der Waals surface area (Å²) in [4.78, 5) is 35.1. The lowest BCUT2D eigenvalue weighted by Crippen LogP contribution is -2.13. The molecular weight excluding hydrogens is 1060 g/mol. The second kappa shape index (κ2) is 16.8. The van der Waals surface area contributed by atoms with Crippen molar-refractivity contribution in [3.8, 4) is 88.9 Å². The molecule has 0 saturated carbocycles. The van der Waals surface area contributed by atoms with Crippen LogP contribution in [0.4, 0.5) is 11.4 Å². The van der Waals surface area contributed by atoms with E-state index in [0.29, 0.717) is 43.3 Å². The van der Waals surface area contributed by atoms with Crippen molar-refractivity contribution in [3.05, 3.63) is 147 Å². The third kappa shape index (κ3) is 6.52. The molecule has 77 heavy (non-hydrogen) atoms. The Hall–Kier alpha value is -9.90. The quantitative estimate of drug-likeness (QED) is 0.0941. The van der Waals surface area contributed by atoms with Crippen LogP contribution in [0.5, 0.6) is 0 Å². The first kappa shape index (κ1) is 48.1. The second-order valence-corrected chi connectivity index (χ2v) is 24.1. The molecule has 0 atom stereocenters. The van der Waals surface area contributed by atoms with Gasteiger partial charge in [-0.15, -0.1) is 45.3 Å². The molecule has 360 valence electrons. The van der Waals surface area contributed by atoms with Crippen molar-refractivity contribution in [1.82, 2.24) is 8.75 Å². The molecule has 0 aliphatic heterocycles. The molecule has 4 aliphatic carbocycles. The summed E-state index contributed by atoms with van der Waals surface area (Å²) in [6, 6.07) is 29.3. The molecule has 5 aromatic heterocycles. The van der Waals surface area contributed by atoms with E-state index in [2.05, 4.69) is 39.8 Å². The molecule has 4 N–H and O–H groups in total. The van der Waals surface area contributed by atoms with Gasteiger partial charge in [-0.05, 0) is 94.1 Å². The Bertz CT molecular complexity index is 4420. The number of hydrogen-bond donors (Lipinski definition) is 2. The Morgan fingerprint density at radius 3 is 1.14 bits per heavy atom. The van der Waals surface area contributed by atoms with Gasteiger partial charge in [0, 0.05) is 94.4 Å². The number of carbonyl (C=O) groups is 2. The van der Waals surface area contributed by atoms with E-state index in [1.54, 1.807) is 34.8 Å². The number of carbonyl (C=O) groups excluding carboxylic acids is 2. The number of aromatic nitrogens is 2. The monoisotopic (exact) mass is 1080 g/mol. The zero-order chi connectivity index (χ0) is 54.3. The van der Waals surface area contributed by atoms with Gasteiger partial charge in [-0.2, -0.15) is 50.8 Å². The van der Waals surface area contributed by atoms with Crippen LogP contribution in [0.1, 0.15) is 114 Å². The first-order valence-corrected chi connectivity index (χ1v) is 27.0. The van der Waals surface area contributed by atoms with Crippen LogP contribution in [0, 0.1) is 90.6 Å². The van der Waals surface area contributed by atoms with Gasteiger partial charge in [0.1, 0.15) is 70.7 Å². The number of allylic oxidation sites excluding steroid dienone is 6. The van der Waals surface area contributed by atoms with Crippen LogP contribution in [-0.4, -0.2) is 20.3 Å². The molecule has 0 bridgehead atoms. The fourth-order valence-electron chi connectivity index (χ4n) is 10.9. The summed E-state index contributed by atoms with van der Waals surface area (Å²) in [5, 5.41) is 78.9. The van der Waals surface area contributed by atoms with Crippen LogP contribution in [0.25, 0.3) is 74.7 Å². The molecule has 19 heteroatoms. The van der Waals surface area contributed by atoms with Crippen molar-refractivity contribution >= 4 is 114 Å². The molecule has 0 amide bonds. The van der Waals surface area contributed by atoms with Gasteiger partial charge in [0.05, 0.1) is 45.4 Å². The highest BCUT2D eigenvalue weighted by molar-refractivity contribution is 7.25. The van der Waals surface area contributed by atoms with Gasteiger partial charge in [-0.1, -0.05) is 27.7 Å². The Kier molecular flexibility index (Phi) is 10.5. The summed E-state index contributed by atoms with van der Waals surface area (Å²) in [6.07, 6.45) is 3.35. The number of Topliss-reactive ketones (excluding diaryl/α,β-unsaturated/α-hetero) is 2. The first-order chi connectivity index (χ1) is 37.0. The number of hydrogen-bond acceptors (Lipinski definition) is 19. The van der Waals surface area contributed by atoms with Crippen molar-refractivity contribution in [1.29, 1.82) is 42.1 Å². The van der Waals surface area contributed by atoms with Crippen molar-refractivity contribution in [2.75, 3.05) is 11.5 Å². The molecule has 0 unspecified atom stereocenters. The van der Waals surface area contributed by atoms with Crippen molar-refractivity contribution < 1.29 is 9.59 Å². The number of nitrogens with zero attached hydrogens (tertiary/aromatic N) is 10. The number of rotatable bonds is 4. The van der Waals surface area contributed by atoms with Gasteiger partial charge in [0.25, 0.3) is 0 Å². The van der Waals surface area contributed by atoms with E-state index < -0.39 is 22.4 Å². The number of ketones is 2. The summed E-state index contributed by atoms with van der Waals surface area (Å²) in [7, 11) is 0. The lowest BCUT2D eigenvalue weighted by Gasteiger charge is -2.19. The second-order valence-electron chi connectivity index (χ2n) is 19.3. The van der Waals surface area contributed by atoms with E-state index in [1.165, 1.54) is 46.9 Å². The van der Waals surface area contributed by atoms with Crippen LogP contribution in [0.15, 0.2) is 70.8 Å². The zero-order valence-electron chi connectivity index (χ0n) is 40.3. The van der Waals surface area contributed by atoms with Gasteiger partial charge in [0.2, 0.25) is 0 Å². The molecule has 5 heterocycles. The smallest absolute Gasteiger partial charge is 0.194 e. The summed E-state index contributed by atoms with van der Waals surface area (Å²) >= 11 is 7.07. The van der Waals surface area contributed by atoms with E-state index in [0.717, 1.165) is 63.2 Å². The number of anilines is 2. The predicted octanol–water partition coefficient (Wildman–Crippen LogP) is 12.7. The van der Waals surface area contributed by atoms with E-state index in [9.17, 15) is 51.7 Å². The standard InChI is InChI=1S/C58H26N12O2S5/c1-57(2)37-11-29(9-35-43(27(19-63)20-64)31-5-23(15-59)25(17-61)7-33(31)51(35)71)73-53(37)55-39(57)13-41(75-55)45-47(67)48(68)46(50-49(45)69-77-70-50)42-14-40-56(76-42)54-38(58(40,3)4)12-30(74-54)10-36-44(28(21-65)22-66)32-6-24(16-60)26(18-62)8-34(32)52(36)72/h5-14H,67-68H2,1-4H3/b35-9-,36-10-. The van der Waals surface area contributed by atoms with Crippen molar-refractivity contribution in [2.45, 2.75) is 38.5 Å². The molecule has 3 aromatic carbocycles. The minimum Gasteiger partial charge on any atom is -0.396 e. The van der Waals surface area contributed by atoms with Gasteiger partial charge in [0.15, 0.2) is 11.6 Å². The molecule has 8 aromatic rings. The molecule has 12 rings (SSSR count). The molecule has 0 saturated heterocycles. The Morgan fingerprint density at radius 2 is 0.805 bits per heavy atom. The van der Waals surface area contributed by atoms with Gasteiger partial charge in [-0.3, -0.25) is 9.59 Å². The third-order valence-electron chi connectivity index (χ3n) is 14.7. The predicted molar refractivity (Wildman–Crippen MR) is 296 cm³/mol. The normalized spacial score (nSPS) is 15.5. The highest BCUT2D eigenvalue weighted by Gasteiger charge is 2.43. The summed E-state index contributed by atoms with van der Waals surface area (Å²) in [6.45, 7) is 8.47. The lowest BCUT2D eigenvalue weighted by atomic mass is 9.83. The Morgan fingerprint density at radius 1 is 0.481 bits per heavy atom. The fraction of sp³-hybridized carbons (Fsp3) is 0.103. The average Bonchev–Trinajstić information content (AvgIpc) is 4.51. The van der Waals surface area contributed by atoms with Crippen LogP contribution in [0.3, 0.4) is 0 Å². The molecule has 14 nitrogen and oxygen atoms in total. The maximum Gasteiger partial charge on any atom is 0.194 e. The van der Waals surface area contributed by atoms with Crippen molar-refractivity contribution in [3.63, 3.8) is 0 Å². The van der Waals surface area contributed by atoms with Crippen LogP contribution < -0.4 is 11.5 Å². The summed E-state index contributed by atoms with van der Waals surface area (Å²) in [5.74, 6) is -0.917. The van der Waals surface area contributed by atoms with Crippen LogP contribution in [0.2, 0.25) is 0 Å². The maximum absolute atomic E-state index is 14.0. The SMILES string of the molecule is CC1(C)c2cc(/C=C3\C(=O)c4cc(C#N)c(C#N)cc4C3=C(C#N)C#N)sc2-c2sc(-c3c(N)c(N)c(-c4cc5c(s4)-c4sc(/C=C6\C(=O)c7cc(C#N)c(C#N)cc7C6=C(C#N)C#N)cc4C5(C)C)c4nsnc34)cc21. The maximum atomic E-state index is 14.0. The number of thiophene rings is 4. The minimum absolute atomic E-state index is 0.0194. The molecular formula is C58H26N12O2S5. The van der Waals surface area contributed by atoms with E-state index in [1.807, 2.05) is 60.7 Å². The minimum atomic E-state index is -0.500. The highest BCUT2D eigenvalue weighted by Crippen LogP contribution is 2.61. The number of nitrogens with two attached hydrogens (primary N) is 2. The van der Waals surface area contributed by atoms with E-state index >= 15 is 0 Å². The Balaban J connectivity index is 0.914. The molecule has 4 aliphatic rings. The van der Waals surface area contributed by atoms with E-state index in [4.69, 9.17) is 20.2 Å². The zero-order valence-corrected chi connectivity index (χ0v) is 44.3. The van der Waals surface area contributed by atoms with Crippen LogP contribution >= 0.6 is 57.1 Å². The average molecular weight is 1080 g/mol. The van der Waals surface area contributed by atoms with Gasteiger partial charge >= 0.3 is 0 Å². The lowest BCUT2D eigenvalue weighted by molar-refractivity contribution is 0.103.